The van der Waals surface area contributed by atoms with Crippen LogP contribution < -0.4 is 10.1 Å². The molecular weight excluding hydrogens is 399 g/mol. The van der Waals surface area contributed by atoms with Gasteiger partial charge in [0.2, 0.25) is 5.91 Å². The van der Waals surface area contributed by atoms with Crippen molar-refractivity contribution in [1.82, 2.24) is 0 Å². The average molecular weight is 422 g/mol. The van der Waals surface area contributed by atoms with Gasteiger partial charge < -0.3 is 15.2 Å². The zero-order valence-electron chi connectivity index (χ0n) is 17.3. The van der Waals surface area contributed by atoms with E-state index in [2.05, 4.69) is 10.3 Å². The van der Waals surface area contributed by atoms with E-state index in [1.807, 2.05) is 0 Å². The molecular formula is C24H23FN2O4. The molecule has 1 aliphatic heterocycles. The number of anilines is 1. The third-order valence-corrected chi connectivity index (χ3v) is 5.79. The number of aromatic hydroxyl groups is 1. The fourth-order valence-corrected chi connectivity index (χ4v) is 4.35. The molecule has 0 saturated heterocycles. The number of Topliss-reactive ketones (excluding diaryl/α,β-unsaturated/α-hetero) is 1. The Hall–Kier alpha value is -3.48. The van der Waals surface area contributed by atoms with Crippen molar-refractivity contribution < 1.29 is 23.8 Å². The Morgan fingerprint density at radius 1 is 1.19 bits per heavy atom. The summed E-state index contributed by atoms with van der Waals surface area (Å²) >= 11 is 0. The number of benzene rings is 2. The molecule has 0 saturated carbocycles. The Bertz CT molecular complexity index is 1110. The third kappa shape index (κ3) is 3.95. The van der Waals surface area contributed by atoms with Gasteiger partial charge in [-0.15, -0.1) is 0 Å². The number of phenolic OH excluding ortho intramolecular Hbond substituents is 1. The number of ether oxygens (including phenoxy) is 1. The molecule has 0 radical (unpaired) electrons. The average Bonchev–Trinajstić information content (AvgIpc) is 2.75. The highest BCUT2D eigenvalue weighted by molar-refractivity contribution is 6.13. The van der Waals surface area contributed by atoms with E-state index in [4.69, 9.17) is 4.74 Å². The van der Waals surface area contributed by atoms with Gasteiger partial charge in [0.05, 0.1) is 13.0 Å². The van der Waals surface area contributed by atoms with Crippen LogP contribution in [0.2, 0.25) is 0 Å². The van der Waals surface area contributed by atoms with Gasteiger partial charge in [-0.25, -0.2) is 4.39 Å². The lowest BCUT2D eigenvalue weighted by molar-refractivity contribution is -0.119. The first kappa shape index (κ1) is 20.8. The number of rotatable bonds is 4. The van der Waals surface area contributed by atoms with Crippen LogP contribution in [0.1, 0.15) is 37.7 Å². The molecule has 2 aromatic carbocycles. The van der Waals surface area contributed by atoms with Gasteiger partial charge in [0, 0.05) is 35.0 Å². The summed E-state index contributed by atoms with van der Waals surface area (Å²) in [6, 6.07) is 10.4. The van der Waals surface area contributed by atoms with Crippen molar-refractivity contribution in [2.24, 2.45) is 10.9 Å². The maximum absolute atomic E-state index is 13.3. The van der Waals surface area contributed by atoms with Gasteiger partial charge in [-0.1, -0.05) is 6.07 Å². The number of hydrogen-bond acceptors (Lipinski definition) is 5. The Balaban J connectivity index is 1.79. The molecule has 0 bridgehead atoms. The van der Waals surface area contributed by atoms with Crippen molar-refractivity contribution in [3.05, 3.63) is 65.1 Å². The second-order valence-electron chi connectivity index (χ2n) is 7.77. The van der Waals surface area contributed by atoms with Crippen molar-refractivity contribution in [2.45, 2.75) is 32.1 Å². The van der Waals surface area contributed by atoms with Crippen molar-refractivity contribution in [2.75, 3.05) is 12.4 Å². The van der Waals surface area contributed by atoms with E-state index in [-0.39, 0.29) is 23.2 Å². The van der Waals surface area contributed by atoms with Crippen LogP contribution in [0.4, 0.5) is 10.1 Å². The molecule has 2 N–H and O–H groups in total. The number of nitrogens with zero attached hydrogens (tertiary/aromatic N) is 1. The van der Waals surface area contributed by atoms with E-state index in [0.717, 1.165) is 12.1 Å². The lowest BCUT2D eigenvalue weighted by atomic mass is 9.71. The maximum Gasteiger partial charge on any atom is 0.234 e. The Morgan fingerprint density at radius 2 is 1.94 bits per heavy atom. The number of aliphatic imine (C=N–C) groups is 1. The number of carbonyl (C=O) groups excluding carboxylic acids is 2. The summed E-state index contributed by atoms with van der Waals surface area (Å²) in [6.07, 6.45) is 1.81. The topological polar surface area (TPSA) is 88.0 Å². The monoisotopic (exact) mass is 422 g/mol. The standard InChI is InChI=1S/C24H23FN2O4/c1-13-21(24(30)27-16-9-7-15(25)8-10-16)22(14-6-11-18(28)20(12-14)31-2)23-17(26-13)4-3-5-19(23)29/h6-12,21-22,28H,3-5H2,1-2H3,(H,27,30)/t21?,22-/m0/s1. The van der Waals surface area contributed by atoms with Gasteiger partial charge in [-0.2, -0.15) is 0 Å². The minimum absolute atomic E-state index is 0.0193. The van der Waals surface area contributed by atoms with Gasteiger partial charge in [0.25, 0.3) is 0 Å². The van der Waals surface area contributed by atoms with Crippen LogP contribution in [0.3, 0.4) is 0 Å². The van der Waals surface area contributed by atoms with Crippen molar-refractivity contribution in [3.8, 4) is 11.5 Å². The lowest BCUT2D eigenvalue weighted by Crippen LogP contribution is -2.39. The van der Waals surface area contributed by atoms with Crippen LogP contribution in [0, 0.1) is 11.7 Å². The molecule has 7 heteroatoms. The largest absolute Gasteiger partial charge is 0.504 e. The van der Waals surface area contributed by atoms with Crippen LogP contribution in [-0.4, -0.2) is 29.6 Å². The Morgan fingerprint density at radius 3 is 2.65 bits per heavy atom. The number of ketones is 1. The third-order valence-electron chi connectivity index (χ3n) is 5.79. The Labute approximate surface area is 179 Å². The molecule has 2 aliphatic rings. The highest BCUT2D eigenvalue weighted by Gasteiger charge is 2.42. The zero-order valence-corrected chi connectivity index (χ0v) is 17.3. The van der Waals surface area contributed by atoms with E-state index in [9.17, 15) is 19.1 Å². The molecule has 1 heterocycles. The first-order chi connectivity index (χ1) is 14.9. The van der Waals surface area contributed by atoms with E-state index in [0.29, 0.717) is 35.4 Å². The summed E-state index contributed by atoms with van der Waals surface area (Å²) in [4.78, 5) is 30.9. The molecule has 2 aromatic rings. The molecule has 1 unspecified atom stereocenters. The smallest absolute Gasteiger partial charge is 0.234 e. The summed E-state index contributed by atoms with van der Waals surface area (Å²) in [5.41, 5.74) is 3.01. The summed E-state index contributed by atoms with van der Waals surface area (Å²) in [7, 11) is 1.45. The van der Waals surface area contributed by atoms with Gasteiger partial charge in [-0.3, -0.25) is 14.6 Å². The van der Waals surface area contributed by atoms with Crippen molar-refractivity contribution in [1.29, 1.82) is 0 Å². The Kier molecular flexibility index (Phi) is 5.59. The summed E-state index contributed by atoms with van der Waals surface area (Å²) in [5.74, 6) is -1.81. The van der Waals surface area contributed by atoms with Gasteiger partial charge in [-0.05, 0) is 61.7 Å². The number of allylic oxidation sites excluding steroid dienone is 2. The molecule has 31 heavy (non-hydrogen) atoms. The zero-order chi connectivity index (χ0) is 22.1. The first-order valence-corrected chi connectivity index (χ1v) is 10.1. The molecule has 0 spiro atoms. The number of phenols is 1. The molecule has 160 valence electrons. The van der Waals surface area contributed by atoms with Crippen LogP contribution in [0.15, 0.2) is 58.7 Å². The molecule has 6 nitrogen and oxygen atoms in total. The van der Waals surface area contributed by atoms with E-state index >= 15 is 0 Å². The first-order valence-electron chi connectivity index (χ1n) is 10.1. The number of halogens is 1. The van der Waals surface area contributed by atoms with E-state index in [1.165, 1.54) is 37.4 Å². The molecule has 1 aliphatic carbocycles. The van der Waals surface area contributed by atoms with Gasteiger partial charge in [0.1, 0.15) is 5.82 Å². The highest BCUT2D eigenvalue weighted by atomic mass is 19.1. The second kappa shape index (κ2) is 8.34. The molecule has 2 atom stereocenters. The predicted molar refractivity (Wildman–Crippen MR) is 115 cm³/mol. The number of methoxy groups -OCH3 is 1. The van der Waals surface area contributed by atoms with Crippen molar-refractivity contribution in [3.63, 3.8) is 0 Å². The summed E-state index contributed by atoms with van der Waals surface area (Å²) < 4.78 is 18.5. The van der Waals surface area contributed by atoms with Crippen LogP contribution >= 0.6 is 0 Å². The van der Waals surface area contributed by atoms with Crippen molar-refractivity contribution >= 4 is 23.1 Å². The maximum atomic E-state index is 13.3. The fraction of sp³-hybridized carbons (Fsp3) is 0.292. The van der Waals surface area contributed by atoms with Crippen LogP contribution in [-0.2, 0) is 9.59 Å². The van der Waals surface area contributed by atoms with Crippen LogP contribution in [0.25, 0.3) is 0 Å². The predicted octanol–water partition coefficient (Wildman–Crippen LogP) is 4.36. The number of hydrogen-bond donors (Lipinski definition) is 2. The molecule has 0 aromatic heterocycles. The normalized spacial score (nSPS) is 20.7. The van der Waals surface area contributed by atoms with E-state index in [1.54, 1.807) is 19.1 Å². The second-order valence-corrected chi connectivity index (χ2v) is 7.77. The fourth-order valence-electron chi connectivity index (χ4n) is 4.35. The molecule has 4 rings (SSSR count). The van der Waals surface area contributed by atoms with Gasteiger partial charge >= 0.3 is 0 Å². The lowest BCUT2D eigenvalue weighted by Gasteiger charge is -2.35. The van der Waals surface area contributed by atoms with E-state index < -0.39 is 17.7 Å². The minimum atomic E-state index is -0.736. The number of carbonyl (C=O) groups is 2. The highest BCUT2D eigenvalue weighted by Crippen LogP contribution is 2.45. The number of amides is 1. The molecule has 1 amide bonds. The summed E-state index contributed by atoms with van der Waals surface area (Å²) in [6.45, 7) is 1.78. The minimum Gasteiger partial charge on any atom is -0.504 e. The molecule has 0 fully saturated rings. The van der Waals surface area contributed by atoms with Crippen LogP contribution in [0.5, 0.6) is 11.5 Å². The summed E-state index contributed by atoms with van der Waals surface area (Å²) in [5, 5.41) is 12.8. The SMILES string of the molecule is COc1cc([C@@H]2C3=C(CCCC3=O)N=C(C)C2C(=O)Nc2ccc(F)cc2)ccc1O. The van der Waals surface area contributed by atoms with Gasteiger partial charge in [0.15, 0.2) is 17.3 Å². The number of nitrogens with one attached hydrogen (secondary N) is 1. The quantitative estimate of drug-likeness (QED) is 0.766.